The Bertz CT molecular complexity index is 450. The average molecular weight is 325 g/mol. The summed E-state index contributed by atoms with van der Waals surface area (Å²) in [5.41, 5.74) is 6.86. The van der Waals surface area contributed by atoms with Crippen molar-refractivity contribution in [3.8, 4) is 0 Å². The van der Waals surface area contributed by atoms with Gasteiger partial charge in [0.2, 0.25) is 5.91 Å². The molecule has 4 heteroatoms. The summed E-state index contributed by atoms with van der Waals surface area (Å²) >= 11 is 3.55. The van der Waals surface area contributed by atoms with Crippen LogP contribution in [0.3, 0.4) is 0 Å². The van der Waals surface area contributed by atoms with E-state index in [4.69, 9.17) is 5.73 Å². The predicted octanol–water partition coefficient (Wildman–Crippen LogP) is 2.75. The van der Waals surface area contributed by atoms with Crippen LogP contribution in [0.4, 0.5) is 0 Å². The van der Waals surface area contributed by atoms with Crippen LogP contribution in [0.15, 0.2) is 28.7 Å². The molecule has 104 valence electrons. The van der Waals surface area contributed by atoms with E-state index in [-0.39, 0.29) is 11.8 Å². The minimum atomic E-state index is 0.236. The normalized spacial score (nSPS) is 20.6. The maximum atomic E-state index is 12.3. The van der Waals surface area contributed by atoms with Crippen LogP contribution in [-0.2, 0) is 4.79 Å². The molecule has 1 aromatic rings. The van der Waals surface area contributed by atoms with Crippen LogP contribution in [0.1, 0.15) is 31.2 Å². The summed E-state index contributed by atoms with van der Waals surface area (Å²) in [7, 11) is 0. The van der Waals surface area contributed by atoms with Gasteiger partial charge in [0, 0.05) is 24.0 Å². The maximum Gasteiger partial charge on any atom is 0.223 e. The molecule has 0 aromatic heterocycles. The fraction of sp³-hybridized carbons (Fsp3) is 0.533. The van der Waals surface area contributed by atoms with E-state index in [9.17, 15) is 4.79 Å². The molecule has 1 saturated heterocycles. The number of rotatable bonds is 4. The standard InChI is InChI=1S/C15H21BrN2O/c1-11(13-4-2-3-5-14(13)16)8-15(19)18-7-6-12(9-17)10-18/h2-5,11-12H,6-10,17H2,1H3/t11-,12+/m1/s1. The third-order valence-corrected chi connectivity index (χ3v) is 4.61. The molecular weight excluding hydrogens is 304 g/mol. The fourth-order valence-corrected chi connectivity index (χ4v) is 3.30. The van der Waals surface area contributed by atoms with Gasteiger partial charge in [-0.1, -0.05) is 41.1 Å². The van der Waals surface area contributed by atoms with E-state index in [0.717, 1.165) is 24.0 Å². The van der Waals surface area contributed by atoms with Crippen LogP contribution in [0, 0.1) is 5.92 Å². The quantitative estimate of drug-likeness (QED) is 0.925. The van der Waals surface area contributed by atoms with Crippen molar-refractivity contribution in [1.82, 2.24) is 4.90 Å². The van der Waals surface area contributed by atoms with Gasteiger partial charge >= 0.3 is 0 Å². The van der Waals surface area contributed by atoms with Gasteiger partial charge in [0.25, 0.3) is 0 Å². The van der Waals surface area contributed by atoms with Gasteiger partial charge < -0.3 is 10.6 Å². The van der Waals surface area contributed by atoms with Crippen molar-refractivity contribution in [1.29, 1.82) is 0 Å². The Morgan fingerprint density at radius 2 is 2.26 bits per heavy atom. The lowest BCUT2D eigenvalue weighted by Gasteiger charge is -2.20. The molecule has 0 bridgehead atoms. The third kappa shape index (κ3) is 3.57. The number of nitrogens with zero attached hydrogens (tertiary/aromatic N) is 1. The average Bonchev–Trinajstić information content (AvgIpc) is 2.88. The lowest BCUT2D eigenvalue weighted by Crippen LogP contribution is -2.30. The third-order valence-electron chi connectivity index (χ3n) is 3.89. The Labute approximate surface area is 123 Å². The van der Waals surface area contributed by atoms with Gasteiger partial charge in [0.05, 0.1) is 0 Å². The van der Waals surface area contributed by atoms with Crippen molar-refractivity contribution in [3.63, 3.8) is 0 Å². The minimum Gasteiger partial charge on any atom is -0.342 e. The molecule has 1 aliphatic heterocycles. The number of hydrogen-bond donors (Lipinski definition) is 1. The van der Waals surface area contributed by atoms with Gasteiger partial charge in [-0.15, -0.1) is 0 Å². The molecule has 0 unspecified atom stereocenters. The van der Waals surface area contributed by atoms with E-state index in [1.54, 1.807) is 0 Å². The largest absolute Gasteiger partial charge is 0.342 e. The number of halogens is 1. The van der Waals surface area contributed by atoms with E-state index in [2.05, 4.69) is 28.9 Å². The van der Waals surface area contributed by atoms with Gasteiger partial charge in [-0.3, -0.25) is 4.79 Å². The number of amides is 1. The maximum absolute atomic E-state index is 12.3. The molecule has 0 saturated carbocycles. The molecule has 2 rings (SSSR count). The van der Waals surface area contributed by atoms with Gasteiger partial charge in [-0.2, -0.15) is 0 Å². The van der Waals surface area contributed by atoms with Crippen LogP contribution in [0.5, 0.6) is 0 Å². The van der Waals surface area contributed by atoms with Crippen molar-refractivity contribution >= 4 is 21.8 Å². The van der Waals surface area contributed by atoms with E-state index in [0.29, 0.717) is 18.9 Å². The number of benzene rings is 1. The van der Waals surface area contributed by atoms with Crippen molar-refractivity contribution in [3.05, 3.63) is 34.3 Å². The molecule has 1 aliphatic rings. The molecule has 1 aromatic carbocycles. The lowest BCUT2D eigenvalue weighted by molar-refractivity contribution is -0.130. The van der Waals surface area contributed by atoms with E-state index >= 15 is 0 Å². The first-order chi connectivity index (χ1) is 9.11. The number of hydrogen-bond acceptors (Lipinski definition) is 2. The molecule has 2 atom stereocenters. The van der Waals surface area contributed by atoms with Crippen LogP contribution in [-0.4, -0.2) is 30.4 Å². The molecular formula is C15H21BrN2O. The van der Waals surface area contributed by atoms with Gasteiger partial charge in [-0.25, -0.2) is 0 Å². The highest BCUT2D eigenvalue weighted by Crippen LogP contribution is 2.28. The van der Waals surface area contributed by atoms with Crippen molar-refractivity contribution in [2.45, 2.75) is 25.7 Å². The smallest absolute Gasteiger partial charge is 0.223 e. The zero-order valence-corrected chi connectivity index (χ0v) is 12.9. The Hall–Kier alpha value is -0.870. The summed E-state index contributed by atoms with van der Waals surface area (Å²) in [5, 5.41) is 0. The Morgan fingerprint density at radius 1 is 1.53 bits per heavy atom. The van der Waals surface area contributed by atoms with Gasteiger partial charge in [-0.05, 0) is 36.4 Å². The first kappa shape index (κ1) is 14.5. The second kappa shape index (κ2) is 6.53. The van der Waals surface area contributed by atoms with Crippen LogP contribution in [0.2, 0.25) is 0 Å². The van der Waals surface area contributed by atoms with Gasteiger partial charge in [0.1, 0.15) is 0 Å². The summed E-state index contributed by atoms with van der Waals surface area (Å²) < 4.78 is 1.08. The Kier molecular flexibility index (Phi) is 4.99. The number of carbonyl (C=O) groups is 1. The highest BCUT2D eigenvalue weighted by Gasteiger charge is 2.26. The number of likely N-dealkylation sites (tertiary alicyclic amines) is 1. The summed E-state index contributed by atoms with van der Waals surface area (Å²) in [6.07, 6.45) is 1.62. The van der Waals surface area contributed by atoms with Crippen molar-refractivity contribution in [2.24, 2.45) is 11.7 Å². The summed E-state index contributed by atoms with van der Waals surface area (Å²) in [4.78, 5) is 14.2. The van der Waals surface area contributed by atoms with Gasteiger partial charge in [0.15, 0.2) is 0 Å². The number of carbonyl (C=O) groups excluding carboxylic acids is 1. The molecule has 2 N–H and O–H groups in total. The summed E-state index contributed by atoms with van der Waals surface area (Å²) in [6.45, 7) is 4.49. The Balaban J connectivity index is 1.94. The molecule has 19 heavy (non-hydrogen) atoms. The monoisotopic (exact) mass is 324 g/mol. The zero-order valence-electron chi connectivity index (χ0n) is 11.3. The highest BCUT2D eigenvalue weighted by atomic mass is 79.9. The fourth-order valence-electron chi connectivity index (χ4n) is 2.63. The molecule has 3 nitrogen and oxygen atoms in total. The van der Waals surface area contributed by atoms with E-state index in [1.165, 1.54) is 5.56 Å². The molecule has 0 aliphatic carbocycles. The SMILES string of the molecule is C[C@H](CC(=O)N1CC[C@@H](CN)C1)c1ccccc1Br. The number of nitrogens with two attached hydrogens (primary N) is 1. The molecule has 1 heterocycles. The van der Waals surface area contributed by atoms with E-state index < -0.39 is 0 Å². The van der Waals surface area contributed by atoms with Crippen LogP contribution >= 0.6 is 15.9 Å². The van der Waals surface area contributed by atoms with Crippen LogP contribution < -0.4 is 5.73 Å². The van der Waals surface area contributed by atoms with Crippen molar-refractivity contribution < 1.29 is 4.79 Å². The topological polar surface area (TPSA) is 46.3 Å². The highest BCUT2D eigenvalue weighted by molar-refractivity contribution is 9.10. The Morgan fingerprint density at radius 3 is 2.89 bits per heavy atom. The molecule has 1 amide bonds. The van der Waals surface area contributed by atoms with Crippen molar-refractivity contribution in [2.75, 3.05) is 19.6 Å². The first-order valence-electron chi connectivity index (χ1n) is 6.84. The molecule has 0 radical (unpaired) electrons. The van der Waals surface area contributed by atoms with E-state index in [1.807, 2.05) is 23.1 Å². The second-order valence-electron chi connectivity index (χ2n) is 5.36. The first-order valence-corrected chi connectivity index (χ1v) is 7.63. The summed E-state index contributed by atoms with van der Waals surface area (Å²) in [5.74, 6) is 0.974. The zero-order chi connectivity index (χ0) is 13.8. The lowest BCUT2D eigenvalue weighted by atomic mass is 9.97. The second-order valence-corrected chi connectivity index (χ2v) is 6.21. The van der Waals surface area contributed by atoms with Crippen LogP contribution in [0.25, 0.3) is 0 Å². The minimum absolute atomic E-state index is 0.236. The molecule has 1 fully saturated rings. The molecule has 0 spiro atoms. The predicted molar refractivity (Wildman–Crippen MR) is 80.9 cm³/mol. The summed E-state index contributed by atoms with van der Waals surface area (Å²) in [6, 6.07) is 8.11.